The van der Waals surface area contributed by atoms with Crippen molar-refractivity contribution in [1.29, 1.82) is 0 Å². The van der Waals surface area contributed by atoms with E-state index < -0.39 is 10.0 Å². The number of anilines is 1. The first-order valence-corrected chi connectivity index (χ1v) is 8.29. The zero-order valence-corrected chi connectivity index (χ0v) is 12.4. The minimum atomic E-state index is -3.49. The van der Waals surface area contributed by atoms with Gasteiger partial charge in [0.15, 0.2) is 0 Å². The maximum Gasteiger partial charge on any atom is 0.245 e. The highest BCUT2D eigenvalue weighted by Crippen LogP contribution is 2.31. The van der Waals surface area contributed by atoms with Crippen molar-refractivity contribution in [2.24, 2.45) is 0 Å². The van der Waals surface area contributed by atoms with Crippen molar-refractivity contribution in [3.05, 3.63) is 23.8 Å². The Bertz CT molecular complexity index is 528. The van der Waals surface area contributed by atoms with E-state index in [0.29, 0.717) is 12.2 Å². The summed E-state index contributed by atoms with van der Waals surface area (Å²) in [7, 11) is -3.49. The summed E-state index contributed by atoms with van der Waals surface area (Å²) in [6.07, 6.45) is 4.14. The number of rotatable bonds is 4. The lowest BCUT2D eigenvalue weighted by Gasteiger charge is -2.28. The van der Waals surface area contributed by atoms with Crippen LogP contribution in [0.1, 0.15) is 38.2 Å². The second kappa shape index (κ2) is 5.51. The monoisotopic (exact) mass is 282 g/mol. The molecule has 0 heterocycles. The van der Waals surface area contributed by atoms with Gasteiger partial charge in [-0.2, -0.15) is 4.31 Å². The van der Waals surface area contributed by atoms with Gasteiger partial charge >= 0.3 is 0 Å². The summed E-state index contributed by atoms with van der Waals surface area (Å²) in [5.41, 5.74) is 6.96. The maximum absolute atomic E-state index is 12.8. The maximum atomic E-state index is 12.8. The van der Waals surface area contributed by atoms with Gasteiger partial charge in [0.1, 0.15) is 4.90 Å². The third-order valence-corrected chi connectivity index (χ3v) is 6.10. The second-order valence-electron chi connectivity index (χ2n) is 5.14. The third-order valence-electron chi connectivity index (χ3n) is 3.85. The number of nitrogens with two attached hydrogens (primary N) is 1. The van der Waals surface area contributed by atoms with Crippen molar-refractivity contribution in [1.82, 2.24) is 4.31 Å². The zero-order chi connectivity index (χ0) is 14.0. The van der Waals surface area contributed by atoms with Crippen LogP contribution < -0.4 is 5.73 Å². The molecule has 0 aromatic heterocycles. The van der Waals surface area contributed by atoms with Crippen LogP contribution in [0.25, 0.3) is 0 Å². The SMILES string of the molecule is CCN(C1CCCC1)S(=O)(=O)c1c(C)cccc1N. The summed E-state index contributed by atoms with van der Waals surface area (Å²) in [5, 5.41) is 0. The average Bonchev–Trinajstić information content (AvgIpc) is 2.82. The van der Waals surface area contributed by atoms with E-state index in [1.165, 1.54) is 0 Å². The Morgan fingerprint density at radius 1 is 1.32 bits per heavy atom. The van der Waals surface area contributed by atoms with Crippen molar-refractivity contribution >= 4 is 15.7 Å². The van der Waals surface area contributed by atoms with Crippen LogP contribution in [0.5, 0.6) is 0 Å². The predicted octanol–water partition coefficient (Wildman–Crippen LogP) is 2.53. The molecule has 1 aromatic carbocycles. The lowest BCUT2D eigenvalue weighted by Crippen LogP contribution is -2.39. The lowest BCUT2D eigenvalue weighted by molar-refractivity contribution is 0.335. The summed E-state index contributed by atoms with van der Waals surface area (Å²) in [6.45, 7) is 4.19. The van der Waals surface area contributed by atoms with Crippen LogP contribution in [0.3, 0.4) is 0 Å². The number of sulfonamides is 1. The molecule has 1 saturated carbocycles. The standard InChI is InChI=1S/C14H22N2O2S/c1-3-16(12-8-4-5-9-12)19(17,18)14-11(2)7-6-10-13(14)15/h6-7,10,12H,3-5,8-9,15H2,1-2H3. The normalized spacial score (nSPS) is 17.2. The Labute approximate surface area is 115 Å². The number of hydrogen-bond donors (Lipinski definition) is 1. The Hall–Kier alpha value is -1.07. The van der Waals surface area contributed by atoms with E-state index >= 15 is 0 Å². The van der Waals surface area contributed by atoms with Crippen LogP contribution in [0.4, 0.5) is 5.69 Å². The summed E-state index contributed by atoms with van der Waals surface area (Å²) in [4.78, 5) is 0.281. The molecule has 4 nitrogen and oxygen atoms in total. The molecule has 0 saturated heterocycles. The molecule has 1 aliphatic carbocycles. The fourth-order valence-electron chi connectivity index (χ4n) is 2.96. The number of hydrogen-bond acceptors (Lipinski definition) is 3. The quantitative estimate of drug-likeness (QED) is 0.863. The van der Waals surface area contributed by atoms with E-state index in [1.807, 2.05) is 6.92 Å². The predicted molar refractivity (Wildman–Crippen MR) is 77.4 cm³/mol. The van der Waals surface area contributed by atoms with Gasteiger partial charge in [0.2, 0.25) is 10.0 Å². The van der Waals surface area contributed by atoms with Gasteiger partial charge in [0.05, 0.1) is 5.69 Å². The minimum Gasteiger partial charge on any atom is -0.398 e. The fourth-order valence-corrected chi connectivity index (χ4v) is 4.98. The summed E-state index contributed by atoms with van der Waals surface area (Å²) in [5.74, 6) is 0. The molecular weight excluding hydrogens is 260 g/mol. The van der Waals surface area contributed by atoms with Gasteiger partial charge in [0.25, 0.3) is 0 Å². The lowest BCUT2D eigenvalue weighted by atomic mass is 10.2. The zero-order valence-electron chi connectivity index (χ0n) is 11.6. The largest absolute Gasteiger partial charge is 0.398 e. The molecule has 0 aliphatic heterocycles. The van der Waals surface area contributed by atoms with Crippen molar-refractivity contribution in [3.63, 3.8) is 0 Å². The van der Waals surface area contributed by atoms with Crippen molar-refractivity contribution < 1.29 is 8.42 Å². The highest BCUT2D eigenvalue weighted by Gasteiger charge is 2.33. The van der Waals surface area contributed by atoms with E-state index in [2.05, 4.69) is 0 Å². The highest BCUT2D eigenvalue weighted by molar-refractivity contribution is 7.89. The van der Waals surface area contributed by atoms with Gasteiger partial charge in [-0.25, -0.2) is 8.42 Å². The van der Waals surface area contributed by atoms with Gasteiger partial charge < -0.3 is 5.73 Å². The Morgan fingerprint density at radius 2 is 1.95 bits per heavy atom. The number of benzene rings is 1. The molecule has 19 heavy (non-hydrogen) atoms. The van der Waals surface area contributed by atoms with Crippen LogP contribution in [0.2, 0.25) is 0 Å². The highest BCUT2D eigenvalue weighted by atomic mass is 32.2. The summed E-state index contributed by atoms with van der Waals surface area (Å²) in [6, 6.07) is 5.37. The third kappa shape index (κ3) is 2.62. The van der Waals surface area contributed by atoms with Gasteiger partial charge in [-0.3, -0.25) is 0 Å². The van der Waals surface area contributed by atoms with Gasteiger partial charge in [-0.05, 0) is 31.4 Å². The van der Waals surface area contributed by atoms with Gasteiger partial charge in [-0.1, -0.05) is 31.9 Å². The topological polar surface area (TPSA) is 63.4 Å². The molecule has 5 heteroatoms. The molecule has 106 valence electrons. The first-order chi connectivity index (χ1) is 8.98. The molecular formula is C14H22N2O2S. The van der Waals surface area contributed by atoms with Gasteiger partial charge in [0, 0.05) is 12.6 Å². The van der Waals surface area contributed by atoms with Crippen molar-refractivity contribution in [2.75, 3.05) is 12.3 Å². The van der Waals surface area contributed by atoms with Crippen LogP contribution >= 0.6 is 0 Å². The molecule has 1 fully saturated rings. The van der Waals surface area contributed by atoms with Gasteiger partial charge in [-0.15, -0.1) is 0 Å². The first-order valence-electron chi connectivity index (χ1n) is 6.85. The molecule has 1 aliphatic rings. The van der Waals surface area contributed by atoms with E-state index in [0.717, 1.165) is 31.2 Å². The van der Waals surface area contributed by atoms with Crippen molar-refractivity contribution in [2.45, 2.75) is 50.5 Å². The fraction of sp³-hybridized carbons (Fsp3) is 0.571. The minimum absolute atomic E-state index is 0.133. The molecule has 0 amide bonds. The average molecular weight is 282 g/mol. The Balaban J connectivity index is 2.45. The second-order valence-corrected chi connectivity index (χ2v) is 6.97. The number of nitrogens with zero attached hydrogens (tertiary/aromatic N) is 1. The van der Waals surface area contributed by atoms with E-state index in [4.69, 9.17) is 5.73 Å². The van der Waals surface area contributed by atoms with E-state index in [1.54, 1.807) is 29.4 Å². The smallest absolute Gasteiger partial charge is 0.245 e. The van der Waals surface area contributed by atoms with Crippen molar-refractivity contribution in [3.8, 4) is 0 Å². The van der Waals surface area contributed by atoms with E-state index in [-0.39, 0.29) is 10.9 Å². The Kier molecular flexibility index (Phi) is 4.16. The number of aryl methyl sites for hydroxylation is 1. The summed E-state index contributed by atoms with van der Waals surface area (Å²) < 4.78 is 27.3. The molecule has 2 N–H and O–H groups in total. The summed E-state index contributed by atoms with van der Waals surface area (Å²) >= 11 is 0. The van der Waals surface area contributed by atoms with Crippen LogP contribution in [-0.2, 0) is 10.0 Å². The molecule has 1 aromatic rings. The first kappa shape index (κ1) is 14.3. The molecule has 0 atom stereocenters. The van der Waals surface area contributed by atoms with Crippen LogP contribution in [-0.4, -0.2) is 25.3 Å². The molecule has 0 spiro atoms. The molecule has 0 radical (unpaired) electrons. The molecule has 0 bridgehead atoms. The Morgan fingerprint density at radius 3 is 2.47 bits per heavy atom. The number of nitrogen functional groups attached to an aromatic ring is 1. The van der Waals surface area contributed by atoms with Crippen LogP contribution in [0.15, 0.2) is 23.1 Å². The van der Waals surface area contributed by atoms with E-state index in [9.17, 15) is 8.42 Å². The molecule has 0 unspecified atom stereocenters. The van der Waals surface area contributed by atoms with Crippen LogP contribution in [0, 0.1) is 6.92 Å². The molecule has 2 rings (SSSR count).